The van der Waals surface area contributed by atoms with E-state index in [4.69, 9.17) is 4.74 Å². The van der Waals surface area contributed by atoms with Crippen LogP contribution in [0.2, 0.25) is 0 Å². The van der Waals surface area contributed by atoms with E-state index in [1.807, 2.05) is 5.32 Å². The van der Waals surface area contributed by atoms with Crippen molar-refractivity contribution in [2.45, 2.75) is 19.8 Å². The van der Waals surface area contributed by atoms with Gasteiger partial charge in [0.1, 0.15) is 5.78 Å². The van der Waals surface area contributed by atoms with Crippen LogP contribution in [0.4, 0.5) is 4.79 Å². The van der Waals surface area contributed by atoms with Crippen LogP contribution >= 0.6 is 0 Å². The lowest BCUT2D eigenvalue weighted by Crippen LogP contribution is -2.40. The van der Waals surface area contributed by atoms with Crippen LogP contribution in [0.3, 0.4) is 0 Å². The van der Waals surface area contributed by atoms with E-state index < -0.39 is 11.9 Å². The topological polar surface area (TPSA) is 84.5 Å². The maximum absolute atomic E-state index is 11.0. The molecule has 0 unspecified atom stereocenters. The number of carbonyl (C=O) groups excluding carboxylic acids is 3. The second kappa shape index (κ2) is 7.93. The van der Waals surface area contributed by atoms with Crippen molar-refractivity contribution in [2.24, 2.45) is 0 Å². The summed E-state index contributed by atoms with van der Waals surface area (Å²) >= 11 is 0. The molecular formula is C9H16N2O4. The Kier molecular flexibility index (Phi) is 7.17. The molecule has 0 saturated heterocycles. The van der Waals surface area contributed by atoms with Gasteiger partial charge in [-0.15, -0.1) is 0 Å². The van der Waals surface area contributed by atoms with Crippen LogP contribution < -0.4 is 10.6 Å². The van der Waals surface area contributed by atoms with Crippen LogP contribution in [0, 0.1) is 0 Å². The van der Waals surface area contributed by atoms with Gasteiger partial charge in [-0.25, -0.2) is 4.79 Å². The van der Waals surface area contributed by atoms with E-state index in [0.29, 0.717) is 19.6 Å². The van der Waals surface area contributed by atoms with E-state index in [9.17, 15) is 14.4 Å². The molecular weight excluding hydrogens is 200 g/mol. The number of ether oxygens (including phenoxy) is 1. The maximum atomic E-state index is 11.0. The minimum atomic E-state index is -0.591. The zero-order chi connectivity index (χ0) is 11.7. The lowest BCUT2D eigenvalue weighted by Gasteiger charge is -2.05. The SMILES string of the molecule is COCCCNC(=O)NC(=O)CC(C)=O. The maximum Gasteiger partial charge on any atom is 0.321 e. The van der Waals surface area contributed by atoms with Crippen molar-refractivity contribution >= 4 is 17.7 Å². The number of Topliss-reactive ketones (excluding diaryl/α,β-unsaturated/α-hetero) is 1. The quantitative estimate of drug-likeness (QED) is 0.477. The Morgan fingerprint density at radius 1 is 1.27 bits per heavy atom. The molecule has 0 fully saturated rings. The van der Waals surface area contributed by atoms with Gasteiger partial charge in [0.25, 0.3) is 0 Å². The molecule has 0 saturated carbocycles. The Balaban J connectivity index is 3.56. The van der Waals surface area contributed by atoms with E-state index in [0.717, 1.165) is 0 Å². The molecule has 0 aliphatic carbocycles. The number of ketones is 1. The summed E-state index contributed by atoms with van der Waals surface area (Å²) in [5.41, 5.74) is 0. The molecule has 6 nitrogen and oxygen atoms in total. The van der Waals surface area contributed by atoms with Crippen molar-refractivity contribution < 1.29 is 19.1 Å². The average Bonchev–Trinajstić information content (AvgIpc) is 2.10. The van der Waals surface area contributed by atoms with E-state index in [1.165, 1.54) is 6.92 Å². The molecule has 15 heavy (non-hydrogen) atoms. The standard InChI is InChI=1S/C9H16N2O4/c1-7(12)6-8(13)11-9(14)10-4-3-5-15-2/h3-6H2,1-2H3,(H2,10,11,13,14). The predicted octanol–water partition coefficient (Wildman–Crippen LogP) is -0.172. The number of amides is 3. The first-order valence-corrected chi connectivity index (χ1v) is 4.62. The molecule has 0 spiro atoms. The number of hydrogen-bond donors (Lipinski definition) is 2. The lowest BCUT2D eigenvalue weighted by molar-refractivity contribution is -0.126. The summed E-state index contributed by atoms with van der Waals surface area (Å²) in [7, 11) is 1.57. The molecule has 3 amide bonds. The van der Waals surface area contributed by atoms with Crippen molar-refractivity contribution in [2.75, 3.05) is 20.3 Å². The van der Waals surface area contributed by atoms with Gasteiger partial charge in [0.05, 0.1) is 6.42 Å². The smallest absolute Gasteiger partial charge is 0.321 e. The third-order valence-corrected chi connectivity index (χ3v) is 1.47. The van der Waals surface area contributed by atoms with Crippen LogP contribution in [0.15, 0.2) is 0 Å². The van der Waals surface area contributed by atoms with Gasteiger partial charge >= 0.3 is 6.03 Å². The second-order valence-corrected chi connectivity index (χ2v) is 3.03. The second-order valence-electron chi connectivity index (χ2n) is 3.03. The molecule has 0 aromatic carbocycles. The summed E-state index contributed by atoms with van der Waals surface area (Å²) < 4.78 is 4.77. The highest BCUT2D eigenvalue weighted by molar-refractivity contribution is 6.03. The van der Waals surface area contributed by atoms with Crippen LogP contribution in [-0.4, -0.2) is 38.0 Å². The fourth-order valence-electron chi connectivity index (χ4n) is 0.860. The van der Waals surface area contributed by atoms with Gasteiger partial charge in [-0.1, -0.05) is 0 Å². The summed E-state index contributed by atoms with van der Waals surface area (Å²) in [5.74, 6) is -0.869. The summed E-state index contributed by atoms with van der Waals surface area (Å²) in [6, 6.07) is -0.586. The number of rotatable bonds is 6. The molecule has 6 heteroatoms. The van der Waals surface area contributed by atoms with Gasteiger partial charge in [0.2, 0.25) is 5.91 Å². The summed E-state index contributed by atoms with van der Waals surface area (Å²) in [5, 5.41) is 4.50. The Bertz CT molecular complexity index is 240. The molecule has 0 aromatic heterocycles. The molecule has 86 valence electrons. The van der Waals surface area contributed by atoms with E-state index in [1.54, 1.807) is 7.11 Å². The fraction of sp³-hybridized carbons (Fsp3) is 0.667. The molecule has 0 bridgehead atoms. The van der Waals surface area contributed by atoms with Crippen molar-refractivity contribution in [1.29, 1.82) is 0 Å². The Labute approximate surface area is 88.4 Å². The molecule has 2 N–H and O–H groups in total. The molecule has 0 radical (unpaired) electrons. The van der Waals surface area contributed by atoms with Gasteiger partial charge < -0.3 is 10.1 Å². The van der Waals surface area contributed by atoms with Crippen LogP contribution in [-0.2, 0) is 14.3 Å². The van der Waals surface area contributed by atoms with Gasteiger partial charge in [0, 0.05) is 20.3 Å². The van der Waals surface area contributed by atoms with Crippen LogP contribution in [0.5, 0.6) is 0 Å². The van der Waals surface area contributed by atoms with Crippen molar-refractivity contribution in [3.63, 3.8) is 0 Å². The number of urea groups is 1. The lowest BCUT2D eigenvalue weighted by atomic mass is 10.3. The zero-order valence-corrected chi connectivity index (χ0v) is 8.96. The Hall–Kier alpha value is -1.43. The van der Waals surface area contributed by atoms with E-state index in [2.05, 4.69) is 5.32 Å². The van der Waals surface area contributed by atoms with Gasteiger partial charge in [-0.2, -0.15) is 0 Å². The average molecular weight is 216 g/mol. The van der Waals surface area contributed by atoms with Gasteiger partial charge in [-0.3, -0.25) is 14.9 Å². The number of nitrogens with one attached hydrogen (secondary N) is 2. The first-order valence-electron chi connectivity index (χ1n) is 4.62. The normalized spacial score (nSPS) is 9.47. The number of carbonyl (C=O) groups is 3. The molecule has 0 atom stereocenters. The number of methoxy groups -OCH3 is 1. The molecule has 0 aliphatic rings. The zero-order valence-electron chi connectivity index (χ0n) is 8.96. The fourth-order valence-corrected chi connectivity index (χ4v) is 0.860. The highest BCUT2D eigenvalue weighted by Gasteiger charge is 2.08. The minimum absolute atomic E-state index is 0.272. The molecule has 0 aromatic rings. The van der Waals surface area contributed by atoms with Gasteiger partial charge in [0.15, 0.2) is 0 Å². The number of hydrogen-bond acceptors (Lipinski definition) is 4. The monoisotopic (exact) mass is 216 g/mol. The van der Waals surface area contributed by atoms with Crippen molar-refractivity contribution in [3.8, 4) is 0 Å². The van der Waals surface area contributed by atoms with Crippen molar-refractivity contribution in [1.82, 2.24) is 10.6 Å². The Morgan fingerprint density at radius 3 is 2.47 bits per heavy atom. The van der Waals surface area contributed by atoms with Gasteiger partial charge in [-0.05, 0) is 13.3 Å². The first kappa shape index (κ1) is 13.6. The van der Waals surface area contributed by atoms with Crippen LogP contribution in [0.25, 0.3) is 0 Å². The third kappa shape index (κ3) is 8.89. The molecule has 0 rings (SSSR count). The third-order valence-electron chi connectivity index (χ3n) is 1.47. The highest BCUT2D eigenvalue weighted by atomic mass is 16.5. The minimum Gasteiger partial charge on any atom is -0.385 e. The first-order chi connectivity index (χ1) is 7.06. The van der Waals surface area contributed by atoms with E-state index >= 15 is 0 Å². The highest BCUT2D eigenvalue weighted by Crippen LogP contribution is 1.82. The summed E-state index contributed by atoms with van der Waals surface area (Å²) in [6.07, 6.45) is 0.399. The molecule has 0 aliphatic heterocycles. The molecule has 0 heterocycles. The van der Waals surface area contributed by atoms with Crippen LogP contribution in [0.1, 0.15) is 19.8 Å². The Morgan fingerprint density at radius 2 is 1.93 bits per heavy atom. The largest absolute Gasteiger partial charge is 0.385 e. The van der Waals surface area contributed by atoms with E-state index in [-0.39, 0.29) is 12.2 Å². The summed E-state index contributed by atoms with van der Waals surface area (Å²) in [4.78, 5) is 32.5. The number of imide groups is 1. The van der Waals surface area contributed by atoms with Crippen molar-refractivity contribution in [3.05, 3.63) is 0 Å². The summed E-state index contributed by atoms with van der Waals surface area (Å²) in [6.45, 7) is 2.25. The predicted molar refractivity (Wildman–Crippen MR) is 53.3 cm³/mol.